The number of nitrogens with one attached hydrogen (secondary N) is 1. The minimum Gasteiger partial charge on any atom is -0.492 e. The van der Waals surface area contributed by atoms with Crippen LogP contribution in [0.4, 0.5) is 11.4 Å². The molecule has 0 saturated heterocycles. The molecular formula is C20H24N2O4S. The average molecular weight is 388 g/mol. The van der Waals surface area contributed by atoms with Crippen LogP contribution in [0.3, 0.4) is 0 Å². The van der Waals surface area contributed by atoms with Gasteiger partial charge in [-0.2, -0.15) is 0 Å². The predicted octanol–water partition coefficient (Wildman–Crippen LogP) is 5.38. The van der Waals surface area contributed by atoms with Crippen LogP contribution in [0.25, 0.3) is 0 Å². The van der Waals surface area contributed by atoms with Crippen LogP contribution in [0, 0.1) is 16.0 Å². The van der Waals surface area contributed by atoms with E-state index in [0.717, 1.165) is 12.2 Å². The number of benzene rings is 2. The Labute approximate surface area is 163 Å². The summed E-state index contributed by atoms with van der Waals surface area (Å²) in [7, 11) is 0. The van der Waals surface area contributed by atoms with Crippen LogP contribution < -0.4 is 10.1 Å². The molecule has 0 aliphatic heterocycles. The molecule has 0 unspecified atom stereocenters. The molecule has 27 heavy (non-hydrogen) atoms. The third kappa shape index (κ3) is 5.99. The summed E-state index contributed by atoms with van der Waals surface area (Å²) in [5, 5.41) is 14.2. The number of carbonyl (C=O) groups is 1. The zero-order valence-corrected chi connectivity index (χ0v) is 16.5. The Morgan fingerprint density at radius 3 is 2.67 bits per heavy atom. The number of hydrogen-bond donors (Lipinski definition) is 1. The molecule has 0 aliphatic rings. The minimum atomic E-state index is -0.442. The van der Waals surface area contributed by atoms with Gasteiger partial charge in [0.1, 0.15) is 5.75 Å². The lowest BCUT2D eigenvalue weighted by molar-refractivity contribution is -0.387. The van der Waals surface area contributed by atoms with E-state index in [1.54, 1.807) is 30.3 Å². The minimum absolute atomic E-state index is 0.0468. The number of ether oxygens (including phenoxy) is 1. The molecule has 2 aromatic rings. The second-order valence-electron chi connectivity index (χ2n) is 6.35. The molecular weight excluding hydrogens is 364 g/mol. The van der Waals surface area contributed by atoms with E-state index < -0.39 is 10.8 Å². The molecule has 0 atom stereocenters. The lowest BCUT2D eigenvalue weighted by Crippen LogP contribution is -2.13. The molecule has 6 nitrogen and oxygen atoms in total. The standard InChI is InChI=1S/C20H24N2O4S/c1-4-26-18-8-6-5-7-16(18)21-20(23)15-9-10-19(17(13-15)22(24)25)27-12-11-14(2)3/h5-10,13-14H,4,11-12H2,1-3H3,(H,21,23). The third-order valence-corrected chi connectivity index (χ3v) is 4.90. The van der Waals surface area contributed by atoms with Crippen molar-refractivity contribution in [2.24, 2.45) is 5.92 Å². The molecule has 0 heterocycles. The van der Waals surface area contributed by atoms with Crippen LogP contribution in [0.15, 0.2) is 47.4 Å². The highest BCUT2D eigenvalue weighted by Gasteiger charge is 2.19. The average Bonchev–Trinajstić information content (AvgIpc) is 2.63. The highest BCUT2D eigenvalue weighted by molar-refractivity contribution is 7.99. The zero-order chi connectivity index (χ0) is 19.8. The van der Waals surface area contributed by atoms with E-state index in [1.807, 2.05) is 13.0 Å². The van der Waals surface area contributed by atoms with Gasteiger partial charge in [-0.25, -0.2) is 0 Å². The van der Waals surface area contributed by atoms with Crippen molar-refractivity contribution in [3.8, 4) is 5.75 Å². The molecule has 0 saturated carbocycles. The van der Waals surface area contributed by atoms with Gasteiger partial charge in [0, 0.05) is 11.6 Å². The van der Waals surface area contributed by atoms with Crippen molar-refractivity contribution in [1.82, 2.24) is 0 Å². The Bertz CT molecular complexity index is 808. The van der Waals surface area contributed by atoms with Crippen molar-refractivity contribution >= 4 is 29.0 Å². The molecule has 144 valence electrons. The van der Waals surface area contributed by atoms with E-state index in [0.29, 0.717) is 28.9 Å². The molecule has 0 radical (unpaired) electrons. The number of nitro benzene ring substituents is 1. The molecule has 1 N–H and O–H groups in total. The normalized spacial score (nSPS) is 10.7. The number of para-hydroxylation sites is 2. The van der Waals surface area contributed by atoms with Gasteiger partial charge in [0.25, 0.3) is 11.6 Å². The SMILES string of the molecule is CCOc1ccccc1NC(=O)c1ccc(SCCC(C)C)c([N+](=O)[O-])c1. The van der Waals surface area contributed by atoms with Crippen LogP contribution in [0.2, 0.25) is 0 Å². The Morgan fingerprint density at radius 2 is 2.00 bits per heavy atom. The zero-order valence-electron chi connectivity index (χ0n) is 15.7. The summed E-state index contributed by atoms with van der Waals surface area (Å²) in [6, 6.07) is 11.7. The summed E-state index contributed by atoms with van der Waals surface area (Å²) in [5.41, 5.74) is 0.720. The molecule has 0 spiro atoms. The molecule has 0 aliphatic carbocycles. The van der Waals surface area contributed by atoms with E-state index in [4.69, 9.17) is 4.74 Å². The first-order chi connectivity index (χ1) is 12.9. The fraction of sp³-hybridized carbons (Fsp3) is 0.350. The first-order valence-electron chi connectivity index (χ1n) is 8.86. The lowest BCUT2D eigenvalue weighted by atomic mass is 10.1. The van der Waals surface area contributed by atoms with Crippen LogP contribution in [-0.4, -0.2) is 23.2 Å². The molecule has 0 fully saturated rings. The van der Waals surface area contributed by atoms with Crippen molar-refractivity contribution in [3.05, 3.63) is 58.1 Å². The number of carbonyl (C=O) groups excluding carboxylic acids is 1. The number of nitrogens with zero attached hydrogens (tertiary/aromatic N) is 1. The number of nitro groups is 1. The molecule has 2 rings (SSSR count). The fourth-order valence-corrected chi connectivity index (χ4v) is 3.63. The molecule has 7 heteroatoms. The Kier molecular flexibility index (Phi) is 7.67. The summed E-state index contributed by atoms with van der Waals surface area (Å²) >= 11 is 1.44. The van der Waals surface area contributed by atoms with Gasteiger partial charge < -0.3 is 10.1 Å². The number of hydrogen-bond acceptors (Lipinski definition) is 5. The molecule has 0 bridgehead atoms. The topological polar surface area (TPSA) is 81.5 Å². The summed E-state index contributed by atoms with van der Waals surface area (Å²) in [6.07, 6.45) is 0.971. The van der Waals surface area contributed by atoms with Crippen LogP contribution in [0.1, 0.15) is 37.6 Å². The first-order valence-corrected chi connectivity index (χ1v) is 9.85. The second kappa shape index (κ2) is 9.97. The van der Waals surface area contributed by atoms with Gasteiger partial charge >= 0.3 is 0 Å². The number of thioether (sulfide) groups is 1. The summed E-state index contributed by atoms with van der Waals surface area (Å²) in [5.74, 6) is 1.48. The van der Waals surface area contributed by atoms with Crippen LogP contribution in [-0.2, 0) is 0 Å². The van der Waals surface area contributed by atoms with Gasteiger partial charge in [-0.15, -0.1) is 11.8 Å². The largest absolute Gasteiger partial charge is 0.492 e. The van der Waals surface area contributed by atoms with Crippen LogP contribution in [0.5, 0.6) is 5.75 Å². The summed E-state index contributed by atoms with van der Waals surface area (Å²) in [4.78, 5) is 24.1. The van der Waals surface area contributed by atoms with E-state index in [2.05, 4.69) is 19.2 Å². The van der Waals surface area contributed by atoms with Crippen LogP contribution >= 0.6 is 11.8 Å². The maximum atomic E-state index is 12.6. The molecule has 1 amide bonds. The van der Waals surface area contributed by atoms with Crippen molar-refractivity contribution in [1.29, 1.82) is 0 Å². The van der Waals surface area contributed by atoms with Crippen molar-refractivity contribution < 1.29 is 14.5 Å². The van der Waals surface area contributed by atoms with E-state index in [9.17, 15) is 14.9 Å². The summed E-state index contributed by atoms with van der Waals surface area (Å²) in [6.45, 7) is 6.56. The van der Waals surface area contributed by atoms with E-state index >= 15 is 0 Å². The second-order valence-corrected chi connectivity index (χ2v) is 7.49. The maximum absolute atomic E-state index is 12.6. The van der Waals surface area contributed by atoms with Gasteiger partial charge in [-0.1, -0.05) is 26.0 Å². The van der Waals surface area contributed by atoms with Gasteiger partial charge in [0.15, 0.2) is 0 Å². The lowest BCUT2D eigenvalue weighted by Gasteiger charge is -2.11. The highest BCUT2D eigenvalue weighted by atomic mass is 32.2. The monoisotopic (exact) mass is 388 g/mol. The van der Waals surface area contributed by atoms with Gasteiger partial charge in [0.2, 0.25) is 0 Å². The Balaban J connectivity index is 2.19. The van der Waals surface area contributed by atoms with Gasteiger partial charge in [-0.05, 0) is 49.3 Å². The fourth-order valence-electron chi connectivity index (χ4n) is 2.37. The van der Waals surface area contributed by atoms with E-state index in [-0.39, 0.29) is 11.3 Å². The Morgan fingerprint density at radius 1 is 1.26 bits per heavy atom. The predicted molar refractivity (Wildman–Crippen MR) is 109 cm³/mol. The number of amides is 1. The number of anilines is 1. The first kappa shape index (κ1) is 20.8. The molecule has 0 aromatic heterocycles. The quantitative estimate of drug-likeness (QED) is 0.354. The van der Waals surface area contributed by atoms with Crippen molar-refractivity contribution in [2.45, 2.75) is 32.1 Å². The Hall–Kier alpha value is -2.54. The van der Waals surface area contributed by atoms with Crippen molar-refractivity contribution in [3.63, 3.8) is 0 Å². The highest BCUT2D eigenvalue weighted by Crippen LogP contribution is 2.32. The number of rotatable bonds is 9. The smallest absolute Gasteiger partial charge is 0.283 e. The third-order valence-electron chi connectivity index (χ3n) is 3.81. The van der Waals surface area contributed by atoms with Gasteiger partial charge in [0.05, 0.1) is 22.1 Å². The van der Waals surface area contributed by atoms with E-state index in [1.165, 1.54) is 17.8 Å². The van der Waals surface area contributed by atoms with Crippen molar-refractivity contribution in [2.75, 3.05) is 17.7 Å². The van der Waals surface area contributed by atoms with Gasteiger partial charge in [-0.3, -0.25) is 14.9 Å². The maximum Gasteiger partial charge on any atom is 0.283 e. The molecule has 2 aromatic carbocycles. The summed E-state index contributed by atoms with van der Waals surface area (Å²) < 4.78 is 5.49.